The molecule has 2 aromatic rings. The van der Waals surface area contributed by atoms with E-state index in [0.29, 0.717) is 12.1 Å². The van der Waals surface area contributed by atoms with Gasteiger partial charge in [-0.1, -0.05) is 24.3 Å². The summed E-state index contributed by atoms with van der Waals surface area (Å²) in [5, 5.41) is 0. The smallest absolute Gasteiger partial charge is 0.253 e. The Hall–Kier alpha value is -2.18. The maximum absolute atomic E-state index is 12.6. The highest BCUT2D eigenvalue weighted by Gasteiger charge is 2.28. The second kappa shape index (κ2) is 6.98. The summed E-state index contributed by atoms with van der Waals surface area (Å²) in [6, 6.07) is 14.1. The van der Waals surface area contributed by atoms with Crippen molar-refractivity contribution in [3.8, 4) is 0 Å². The maximum Gasteiger partial charge on any atom is 0.253 e. The van der Waals surface area contributed by atoms with E-state index in [4.69, 9.17) is 0 Å². The molecule has 5 nitrogen and oxygen atoms in total. The van der Waals surface area contributed by atoms with Gasteiger partial charge < -0.3 is 4.90 Å². The van der Waals surface area contributed by atoms with Gasteiger partial charge in [-0.05, 0) is 55.2 Å². The van der Waals surface area contributed by atoms with Crippen molar-refractivity contribution in [1.29, 1.82) is 0 Å². The molecule has 0 spiro atoms. The van der Waals surface area contributed by atoms with Gasteiger partial charge in [0.05, 0.1) is 4.90 Å². The number of aryl methyl sites for hydroxylation is 1. The molecular weight excluding hydrogens is 336 g/mol. The Labute approximate surface area is 148 Å². The molecule has 1 N–H and O–H groups in total. The van der Waals surface area contributed by atoms with Gasteiger partial charge in [-0.25, -0.2) is 13.1 Å². The van der Waals surface area contributed by atoms with Crippen LogP contribution in [0, 0.1) is 6.92 Å². The van der Waals surface area contributed by atoms with Crippen LogP contribution in [0.1, 0.15) is 34.3 Å². The van der Waals surface area contributed by atoms with Crippen LogP contribution < -0.4 is 4.72 Å². The zero-order chi connectivity index (χ0) is 18.0. The van der Waals surface area contributed by atoms with Crippen LogP contribution in [0.3, 0.4) is 0 Å². The Kier molecular flexibility index (Phi) is 4.92. The first-order chi connectivity index (χ1) is 11.9. The van der Waals surface area contributed by atoms with Gasteiger partial charge in [0.1, 0.15) is 0 Å². The molecule has 1 fully saturated rings. The third-order valence-corrected chi connectivity index (χ3v) is 5.86. The van der Waals surface area contributed by atoms with E-state index in [-0.39, 0.29) is 16.8 Å². The molecule has 1 aliphatic rings. The monoisotopic (exact) mass is 358 g/mol. The molecule has 0 atom stereocenters. The van der Waals surface area contributed by atoms with E-state index >= 15 is 0 Å². The van der Waals surface area contributed by atoms with E-state index in [9.17, 15) is 13.2 Å². The molecule has 0 unspecified atom stereocenters. The summed E-state index contributed by atoms with van der Waals surface area (Å²) in [4.78, 5) is 14.4. The molecule has 6 heteroatoms. The van der Waals surface area contributed by atoms with Crippen molar-refractivity contribution in [2.75, 3.05) is 7.05 Å². The van der Waals surface area contributed by atoms with Crippen molar-refractivity contribution in [1.82, 2.24) is 9.62 Å². The number of nitrogens with zero attached hydrogens (tertiary/aromatic N) is 1. The zero-order valence-electron chi connectivity index (χ0n) is 14.4. The molecule has 1 aliphatic carbocycles. The summed E-state index contributed by atoms with van der Waals surface area (Å²) in [5.74, 6) is -0.137. The van der Waals surface area contributed by atoms with Crippen molar-refractivity contribution < 1.29 is 13.2 Å². The predicted octanol–water partition coefficient (Wildman–Crippen LogP) is 2.71. The molecule has 132 valence electrons. The summed E-state index contributed by atoms with van der Waals surface area (Å²) in [5.41, 5.74) is 2.70. The highest BCUT2D eigenvalue weighted by Crippen LogP contribution is 2.22. The lowest BCUT2D eigenvalue weighted by Gasteiger charge is -2.18. The highest BCUT2D eigenvalue weighted by molar-refractivity contribution is 7.89. The van der Waals surface area contributed by atoms with Crippen LogP contribution in [0.15, 0.2) is 53.4 Å². The fraction of sp³-hybridized carbons (Fsp3) is 0.316. The third-order valence-electron chi connectivity index (χ3n) is 4.33. The van der Waals surface area contributed by atoms with Crippen molar-refractivity contribution in [2.24, 2.45) is 0 Å². The molecule has 0 saturated heterocycles. The van der Waals surface area contributed by atoms with E-state index in [0.717, 1.165) is 24.0 Å². The average molecular weight is 358 g/mol. The topological polar surface area (TPSA) is 66.5 Å². The Morgan fingerprint density at radius 3 is 2.36 bits per heavy atom. The Balaban J connectivity index is 1.70. The van der Waals surface area contributed by atoms with Gasteiger partial charge in [-0.3, -0.25) is 4.79 Å². The summed E-state index contributed by atoms with van der Waals surface area (Å²) < 4.78 is 27.0. The molecule has 0 heterocycles. The van der Waals surface area contributed by atoms with Gasteiger partial charge >= 0.3 is 0 Å². The van der Waals surface area contributed by atoms with Crippen molar-refractivity contribution >= 4 is 15.9 Å². The SMILES string of the molecule is Cc1ccccc1CN(C)C(=O)c1ccc(S(=O)(=O)NC2CC2)cc1. The van der Waals surface area contributed by atoms with Crippen molar-refractivity contribution in [3.63, 3.8) is 0 Å². The van der Waals surface area contributed by atoms with Crippen LogP contribution in [0.4, 0.5) is 0 Å². The number of nitrogens with one attached hydrogen (secondary N) is 1. The first-order valence-electron chi connectivity index (χ1n) is 8.29. The van der Waals surface area contributed by atoms with E-state index in [1.807, 2.05) is 31.2 Å². The van der Waals surface area contributed by atoms with Gasteiger partial charge in [0.2, 0.25) is 10.0 Å². The third kappa shape index (κ3) is 4.27. The fourth-order valence-corrected chi connectivity index (χ4v) is 3.91. The lowest BCUT2D eigenvalue weighted by atomic mass is 10.1. The number of sulfonamides is 1. The Morgan fingerprint density at radius 1 is 1.12 bits per heavy atom. The molecule has 0 bridgehead atoms. The van der Waals surface area contributed by atoms with Crippen LogP contribution in [-0.2, 0) is 16.6 Å². The standard InChI is InChI=1S/C19H22N2O3S/c1-14-5-3-4-6-16(14)13-21(2)19(22)15-7-11-18(12-8-15)25(23,24)20-17-9-10-17/h3-8,11-12,17,20H,9-10,13H2,1-2H3. The van der Waals surface area contributed by atoms with Crippen molar-refractivity contribution in [2.45, 2.75) is 37.2 Å². The average Bonchev–Trinajstić information content (AvgIpc) is 3.39. The molecular formula is C19H22N2O3S. The molecule has 1 saturated carbocycles. The predicted molar refractivity (Wildman–Crippen MR) is 96.8 cm³/mol. The van der Waals surface area contributed by atoms with Crippen LogP contribution >= 0.6 is 0 Å². The Morgan fingerprint density at radius 2 is 1.76 bits per heavy atom. The lowest BCUT2D eigenvalue weighted by Crippen LogP contribution is -2.27. The van der Waals surface area contributed by atoms with Gasteiger partial charge in [-0.15, -0.1) is 0 Å². The molecule has 3 rings (SSSR count). The molecule has 1 amide bonds. The molecule has 2 aromatic carbocycles. The van der Waals surface area contributed by atoms with E-state index in [2.05, 4.69) is 4.72 Å². The summed E-state index contributed by atoms with van der Waals surface area (Å²) in [6.45, 7) is 2.52. The quantitative estimate of drug-likeness (QED) is 0.863. The largest absolute Gasteiger partial charge is 0.337 e. The van der Waals surface area contributed by atoms with Gasteiger partial charge in [-0.2, -0.15) is 0 Å². The minimum Gasteiger partial charge on any atom is -0.337 e. The molecule has 0 radical (unpaired) electrons. The van der Waals surface area contributed by atoms with Gasteiger partial charge in [0.25, 0.3) is 5.91 Å². The minimum atomic E-state index is -3.49. The number of benzene rings is 2. The number of hydrogen-bond donors (Lipinski definition) is 1. The number of rotatable bonds is 6. The molecule has 25 heavy (non-hydrogen) atoms. The zero-order valence-corrected chi connectivity index (χ0v) is 15.2. The minimum absolute atomic E-state index is 0.0616. The Bertz CT molecular complexity index is 872. The van der Waals surface area contributed by atoms with Crippen LogP contribution in [0.25, 0.3) is 0 Å². The lowest BCUT2D eigenvalue weighted by molar-refractivity contribution is 0.0785. The first kappa shape index (κ1) is 17.6. The van der Waals surface area contributed by atoms with Gasteiger partial charge in [0.15, 0.2) is 0 Å². The molecule has 0 aliphatic heterocycles. The number of carbonyl (C=O) groups excluding carboxylic acids is 1. The maximum atomic E-state index is 12.6. The van der Waals surface area contributed by atoms with E-state index < -0.39 is 10.0 Å². The van der Waals surface area contributed by atoms with E-state index in [1.54, 1.807) is 24.1 Å². The van der Waals surface area contributed by atoms with Crippen LogP contribution in [0.2, 0.25) is 0 Å². The summed E-state index contributed by atoms with van der Waals surface area (Å²) >= 11 is 0. The number of hydrogen-bond acceptors (Lipinski definition) is 3. The highest BCUT2D eigenvalue weighted by atomic mass is 32.2. The first-order valence-corrected chi connectivity index (χ1v) is 9.77. The normalized spacial score (nSPS) is 14.3. The second-order valence-electron chi connectivity index (χ2n) is 6.51. The summed E-state index contributed by atoms with van der Waals surface area (Å²) in [6.07, 6.45) is 1.78. The summed E-state index contributed by atoms with van der Waals surface area (Å²) in [7, 11) is -1.74. The molecule has 0 aromatic heterocycles. The second-order valence-corrected chi connectivity index (χ2v) is 8.22. The van der Waals surface area contributed by atoms with Gasteiger partial charge in [0, 0.05) is 25.2 Å². The number of amides is 1. The fourth-order valence-electron chi connectivity index (χ4n) is 2.60. The van der Waals surface area contributed by atoms with Crippen LogP contribution in [0.5, 0.6) is 0 Å². The van der Waals surface area contributed by atoms with E-state index in [1.165, 1.54) is 12.1 Å². The van der Waals surface area contributed by atoms with Crippen LogP contribution in [-0.4, -0.2) is 32.3 Å². The van der Waals surface area contributed by atoms with Crippen molar-refractivity contribution in [3.05, 3.63) is 65.2 Å². The number of carbonyl (C=O) groups is 1.